The lowest BCUT2D eigenvalue weighted by Crippen LogP contribution is -2.68. The minimum atomic E-state index is -5.39. The first-order valence-electron chi connectivity index (χ1n) is 19.1. The highest BCUT2D eigenvalue weighted by molar-refractivity contribution is 5.82. The molecule has 2 saturated heterocycles. The molecule has 1 aliphatic carbocycles. The van der Waals surface area contributed by atoms with Crippen molar-refractivity contribution in [3.05, 3.63) is 0 Å². The fourth-order valence-corrected chi connectivity index (χ4v) is 6.58. The molecule has 2 aliphatic heterocycles. The first-order valence-corrected chi connectivity index (χ1v) is 19.1. The maximum Gasteiger partial charge on any atom is 0.471 e. The molecule has 0 bridgehead atoms. The molecule has 1 saturated carbocycles. The molecule has 13 atom stereocenters. The fraction of sp³-hybridized carbons (Fsp3) is 0.889. The van der Waals surface area contributed by atoms with Crippen LogP contribution in [0.4, 0.5) is 27.6 Å². The van der Waals surface area contributed by atoms with Crippen LogP contribution in [0.2, 0.25) is 0 Å². The number of alkyl halides is 3. The van der Waals surface area contributed by atoms with Gasteiger partial charge < -0.3 is 74.9 Å². The molecule has 4 amide bonds. The molecule has 19 nitrogen and oxygen atoms in total. The normalized spacial score (nSPS) is 33.6. The second-order valence-electron chi connectivity index (χ2n) is 17.7. The molecule has 3 rings (SSSR count). The molecule has 336 valence electrons. The zero-order valence-electron chi connectivity index (χ0n) is 34.5. The average Bonchev–Trinajstić information content (AvgIpc) is 3.04. The zero-order valence-corrected chi connectivity index (χ0v) is 34.5. The summed E-state index contributed by atoms with van der Waals surface area (Å²) in [6, 6.07) is -4.00. The van der Waals surface area contributed by atoms with Gasteiger partial charge in [0.2, 0.25) is 0 Å². The third-order valence-electron chi connectivity index (χ3n) is 9.01. The van der Waals surface area contributed by atoms with E-state index in [9.17, 15) is 52.8 Å². The number of alkyl carbamates (subject to hydrolysis) is 3. The Balaban J connectivity index is 1.96. The number of carbonyl (C=O) groups excluding carboxylic acids is 4. The van der Waals surface area contributed by atoms with Crippen molar-refractivity contribution in [2.75, 3.05) is 13.2 Å². The Labute approximate surface area is 335 Å². The number of amides is 4. The summed E-state index contributed by atoms with van der Waals surface area (Å²) < 4.78 is 79.8. The summed E-state index contributed by atoms with van der Waals surface area (Å²) >= 11 is 0. The molecule has 22 heteroatoms. The molecule has 0 aromatic heterocycles. The number of rotatable bonds is 10. The quantitative estimate of drug-likeness (QED) is 0.145. The van der Waals surface area contributed by atoms with E-state index >= 15 is 0 Å². The maximum absolute atomic E-state index is 13.2. The highest BCUT2D eigenvalue weighted by Gasteiger charge is 2.53. The molecule has 6 unspecified atom stereocenters. The summed E-state index contributed by atoms with van der Waals surface area (Å²) in [5.41, 5.74) is -2.61. The van der Waals surface area contributed by atoms with Crippen LogP contribution in [0.1, 0.15) is 88.5 Å². The zero-order chi connectivity index (χ0) is 44.1. The van der Waals surface area contributed by atoms with Crippen molar-refractivity contribution in [2.24, 2.45) is 5.92 Å². The number of nitrogens with one attached hydrogen (secondary N) is 4. The van der Waals surface area contributed by atoms with E-state index in [0.29, 0.717) is 6.42 Å². The first kappa shape index (κ1) is 49.1. The van der Waals surface area contributed by atoms with Crippen LogP contribution in [0.3, 0.4) is 0 Å². The number of carbonyl (C=O) groups is 4. The molecule has 58 heavy (non-hydrogen) atoms. The van der Waals surface area contributed by atoms with Crippen molar-refractivity contribution in [1.82, 2.24) is 21.3 Å². The lowest BCUT2D eigenvalue weighted by atomic mass is 9.80. The van der Waals surface area contributed by atoms with Crippen molar-refractivity contribution in [3.8, 4) is 0 Å². The average molecular weight is 847 g/mol. The lowest BCUT2D eigenvalue weighted by Gasteiger charge is -2.49. The van der Waals surface area contributed by atoms with E-state index in [0.717, 1.165) is 0 Å². The number of aliphatic hydroxyl groups is 4. The van der Waals surface area contributed by atoms with Gasteiger partial charge in [0, 0.05) is 6.54 Å². The summed E-state index contributed by atoms with van der Waals surface area (Å²) in [7, 11) is 0. The lowest BCUT2D eigenvalue weighted by molar-refractivity contribution is -0.320. The van der Waals surface area contributed by atoms with Crippen LogP contribution in [0.25, 0.3) is 0 Å². The molecule has 0 aromatic rings. The van der Waals surface area contributed by atoms with E-state index in [1.807, 2.05) is 0 Å². The van der Waals surface area contributed by atoms with E-state index in [2.05, 4.69) is 16.0 Å². The van der Waals surface area contributed by atoms with Gasteiger partial charge in [0.1, 0.15) is 47.3 Å². The molecule has 3 aliphatic rings. The molecule has 3 fully saturated rings. The smallest absolute Gasteiger partial charge is 0.444 e. The highest BCUT2D eigenvalue weighted by Crippen LogP contribution is 2.35. The van der Waals surface area contributed by atoms with Crippen LogP contribution < -0.4 is 21.3 Å². The van der Waals surface area contributed by atoms with Gasteiger partial charge in [-0.15, -0.1) is 0 Å². The van der Waals surface area contributed by atoms with Crippen LogP contribution in [-0.4, -0.2) is 154 Å². The van der Waals surface area contributed by atoms with Gasteiger partial charge in [-0.25, -0.2) is 14.4 Å². The van der Waals surface area contributed by atoms with Gasteiger partial charge >= 0.3 is 30.4 Å². The molecule has 0 spiro atoms. The largest absolute Gasteiger partial charge is 0.471 e. The summed E-state index contributed by atoms with van der Waals surface area (Å²) in [5, 5.41) is 53.0. The Morgan fingerprint density at radius 2 is 1.19 bits per heavy atom. The Hall–Kier alpha value is -3.25. The number of ether oxygens (including phenoxy) is 7. The van der Waals surface area contributed by atoms with E-state index in [-0.39, 0.29) is 19.4 Å². The predicted molar refractivity (Wildman–Crippen MR) is 194 cm³/mol. The van der Waals surface area contributed by atoms with Gasteiger partial charge in [0.25, 0.3) is 0 Å². The highest BCUT2D eigenvalue weighted by atomic mass is 19.4. The van der Waals surface area contributed by atoms with Crippen LogP contribution >= 0.6 is 0 Å². The van der Waals surface area contributed by atoms with Gasteiger partial charge in [-0.2, -0.15) is 13.2 Å². The molecule has 2 heterocycles. The van der Waals surface area contributed by atoms with Crippen LogP contribution in [0.15, 0.2) is 0 Å². The van der Waals surface area contributed by atoms with Crippen molar-refractivity contribution in [1.29, 1.82) is 0 Å². The van der Waals surface area contributed by atoms with E-state index in [1.54, 1.807) is 69.2 Å². The Kier molecular flexibility index (Phi) is 16.4. The monoisotopic (exact) mass is 846 g/mol. The van der Waals surface area contributed by atoms with Crippen LogP contribution in [-0.2, 0) is 38.0 Å². The number of halogens is 3. The standard InChI is InChI=1S/C36H61F3N4O15/c1-16-13-19(42-32(51)58-35(8,9)10)26(24(47)25(16)54-28-23(46)21(22(45)20(15-44)53-28)43-29(48)36(37,38)39)55-27-18(41-31(50)57-34(5,6)7)12-11-17(52-27)14-40-30(49)56-33(2,3)4/h16-28,44-47H,11-15H2,1-10H3,(H,40,49)(H,41,50)(H,42,51)(H,43,48)/t16-,17?,18?,19+,20?,21+,22+,23?,24?,25-,26?,27+,28+/m1/s1. The van der Waals surface area contributed by atoms with Crippen LogP contribution in [0.5, 0.6) is 0 Å². The summed E-state index contributed by atoms with van der Waals surface area (Å²) in [6.45, 7) is 15.5. The van der Waals surface area contributed by atoms with Crippen LogP contribution in [0, 0.1) is 5.92 Å². The van der Waals surface area contributed by atoms with Gasteiger partial charge in [-0.05, 0) is 87.5 Å². The summed E-state index contributed by atoms with van der Waals surface area (Å²) in [4.78, 5) is 50.3. The Morgan fingerprint density at radius 3 is 1.71 bits per heavy atom. The molecule has 8 N–H and O–H groups in total. The topological polar surface area (TPSA) is 262 Å². The van der Waals surface area contributed by atoms with Crippen molar-refractivity contribution in [2.45, 2.75) is 185 Å². The maximum atomic E-state index is 13.2. The molecular weight excluding hydrogens is 785 g/mol. The fourth-order valence-electron chi connectivity index (χ4n) is 6.58. The van der Waals surface area contributed by atoms with Crippen molar-refractivity contribution >= 4 is 24.2 Å². The first-order chi connectivity index (χ1) is 26.5. The number of hydrogen-bond donors (Lipinski definition) is 8. The van der Waals surface area contributed by atoms with Crippen molar-refractivity contribution in [3.63, 3.8) is 0 Å². The van der Waals surface area contributed by atoms with E-state index < -0.39 is 133 Å². The molecule has 0 radical (unpaired) electrons. The Morgan fingerprint density at radius 1 is 0.672 bits per heavy atom. The van der Waals surface area contributed by atoms with Gasteiger partial charge in [0.15, 0.2) is 12.6 Å². The predicted octanol–water partition coefficient (Wildman–Crippen LogP) is 1.46. The Bertz CT molecular complexity index is 1410. The third-order valence-corrected chi connectivity index (χ3v) is 9.01. The SMILES string of the molecule is C[C@@H]1C[C@H](NC(=O)OC(C)(C)C)C(O[C@@H]2OC(CNC(=O)OC(C)(C)C)CCC2NC(=O)OC(C)(C)C)C(O)[C@@H]1O[C@@H]1OC(CO)[C@H](O)[C@H](NC(=O)C(F)(F)F)C1O. The van der Waals surface area contributed by atoms with Crippen molar-refractivity contribution < 1.29 is 85.9 Å². The number of hydrogen-bond acceptors (Lipinski definition) is 15. The summed E-state index contributed by atoms with van der Waals surface area (Å²) in [5.74, 6) is -3.22. The van der Waals surface area contributed by atoms with Gasteiger partial charge in [-0.1, -0.05) is 6.92 Å². The molecular formula is C36H61F3N4O15. The molecule has 0 aromatic carbocycles. The van der Waals surface area contributed by atoms with E-state index in [1.165, 1.54) is 5.32 Å². The minimum absolute atomic E-state index is 0.0186. The van der Waals surface area contributed by atoms with Gasteiger partial charge in [-0.3, -0.25) is 4.79 Å². The summed E-state index contributed by atoms with van der Waals surface area (Å²) in [6.07, 6.45) is -21.7. The van der Waals surface area contributed by atoms with Gasteiger partial charge in [0.05, 0.1) is 36.9 Å². The minimum Gasteiger partial charge on any atom is -0.444 e. The second kappa shape index (κ2) is 19.4. The third kappa shape index (κ3) is 14.8. The second-order valence-corrected chi connectivity index (χ2v) is 17.7. The van der Waals surface area contributed by atoms with E-state index in [4.69, 9.17) is 33.2 Å². The number of aliphatic hydroxyl groups excluding tert-OH is 4.